The summed E-state index contributed by atoms with van der Waals surface area (Å²) in [5.74, 6) is 0. The molecule has 0 amide bonds. The second-order valence-corrected chi connectivity index (χ2v) is 17.7. The highest BCUT2D eigenvalue weighted by molar-refractivity contribution is 6.10. The molecule has 1 heterocycles. The molecule has 0 unspecified atom stereocenters. The lowest BCUT2D eigenvalue weighted by Crippen LogP contribution is -2.22. The fourth-order valence-corrected chi connectivity index (χ4v) is 11.0. The van der Waals surface area contributed by atoms with Crippen molar-refractivity contribution in [3.63, 3.8) is 0 Å². The van der Waals surface area contributed by atoms with Crippen molar-refractivity contribution < 1.29 is 0 Å². The molecular weight excluding hydrogens is 725 g/mol. The van der Waals surface area contributed by atoms with E-state index in [2.05, 4.69) is 231 Å². The lowest BCUT2D eigenvalue weighted by Gasteiger charge is -2.35. The van der Waals surface area contributed by atoms with E-state index in [4.69, 9.17) is 0 Å². The van der Waals surface area contributed by atoms with Gasteiger partial charge < -0.3 is 9.47 Å². The van der Waals surface area contributed by atoms with Gasteiger partial charge in [0.25, 0.3) is 0 Å². The van der Waals surface area contributed by atoms with Gasteiger partial charge >= 0.3 is 0 Å². The van der Waals surface area contributed by atoms with E-state index in [0.717, 1.165) is 11.4 Å². The maximum absolute atomic E-state index is 2.64. The molecule has 286 valence electrons. The summed E-state index contributed by atoms with van der Waals surface area (Å²) in [6.07, 6.45) is 0. The van der Waals surface area contributed by atoms with Crippen molar-refractivity contribution in [1.82, 2.24) is 4.57 Å². The van der Waals surface area contributed by atoms with Crippen molar-refractivity contribution in [2.75, 3.05) is 4.90 Å². The minimum atomic E-state index is -0.250. The molecule has 1 aromatic heterocycles. The quantitative estimate of drug-likeness (QED) is 0.169. The summed E-state index contributed by atoms with van der Waals surface area (Å²) in [6, 6.07) is 72.5. The van der Waals surface area contributed by atoms with Crippen molar-refractivity contribution in [1.29, 1.82) is 0 Å². The first-order chi connectivity index (χ1) is 29.3. The van der Waals surface area contributed by atoms with Crippen LogP contribution in [0.5, 0.6) is 0 Å². The molecule has 10 aromatic rings. The van der Waals surface area contributed by atoms with Gasteiger partial charge in [-0.2, -0.15) is 0 Å². The van der Waals surface area contributed by atoms with Crippen molar-refractivity contribution in [3.05, 3.63) is 216 Å². The second kappa shape index (κ2) is 12.7. The van der Waals surface area contributed by atoms with Gasteiger partial charge in [-0.25, -0.2) is 0 Å². The molecule has 60 heavy (non-hydrogen) atoms. The standard InChI is InChI=1S/C58H44N2/c1-57(2)48-28-12-8-24-46(48)55-49(57)29-17-32-52(55)60(53-33-16-26-45-41-21-7-11-27-47(41)58(3,4)56(45)53)54-36-38(34-35-44(54)40-25-15-19-37-18-5-6-20-39(37)40)59-50-30-13-9-22-42(50)43-23-10-14-31-51(43)59/h5-36H,1-4H3. The third-order valence-corrected chi connectivity index (χ3v) is 13.8. The Kier molecular flexibility index (Phi) is 7.36. The number of anilines is 3. The summed E-state index contributed by atoms with van der Waals surface area (Å²) in [7, 11) is 0. The topological polar surface area (TPSA) is 8.17 Å². The Morgan fingerprint density at radius 2 is 0.900 bits per heavy atom. The summed E-state index contributed by atoms with van der Waals surface area (Å²) in [4.78, 5) is 2.64. The Morgan fingerprint density at radius 1 is 0.367 bits per heavy atom. The van der Waals surface area contributed by atoms with Gasteiger partial charge in [-0.1, -0.05) is 185 Å². The van der Waals surface area contributed by atoms with Gasteiger partial charge in [0, 0.05) is 38.4 Å². The normalized spacial score (nSPS) is 14.3. The first-order valence-corrected chi connectivity index (χ1v) is 21.2. The minimum Gasteiger partial charge on any atom is -0.309 e. The highest BCUT2D eigenvalue weighted by Crippen LogP contribution is 2.59. The summed E-state index contributed by atoms with van der Waals surface area (Å²) in [5, 5.41) is 4.98. The van der Waals surface area contributed by atoms with Crippen molar-refractivity contribution in [2.45, 2.75) is 38.5 Å². The lowest BCUT2D eigenvalue weighted by atomic mass is 9.81. The molecule has 0 bridgehead atoms. The number of hydrogen-bond acceptors (Lipinski definition) is 1. The molecule has 2 nitrogen and oxygen atoms in total. The first kappa shape index (κ1) is 34.8. The van der Waals surface area contributed by atoms with Gasteiger partial charge in [-0.3, -0.25) is 0 Å². The van der Waals surface area contributed by atoms with Gasteiger partial charge in [-0.05, 0) is 91.7 Å². The fourth-order valence-electron chi connectivity index (χ4n) is 11.0. The molecule has 9 aromatic carbocycles. The maximum atomic E-state index is 2.64. The molecule has 2 aliphatic carbocycles. The molecule has 12 rings (SSSR count). The largest absolute Gasteiger partial charge is 0.309 e. The highest BCUT2D eigenvalue weighted by Gasteiger charge is 2.42. The van der Waals surface area contributed by atoms with E-state index in [0.29, 0.717) is 0 Å². The molecule has 2 heteroatoms. The molecule has 0 saturated carbocycles. The zero-order chi connectivity index (χ0) is 40.3. The fraction of sp³-hybridized carbons (Fsp3) is 0.103. The number of hydrogen-bond donors (Lipinski definition) is 0. The van der Waals surface area contributed by atoms with Crippen molar-refractivity contribution >= 4 is 49.6 Å². The lowest BCUT2D eigenvalue weighted by molar-refractivity contribution is 0.659. The SMILES string of the molecule is CC1(C)c2ccccc2-c2c(N(c3cc(-n4c5ccccc5c5ccccc54)ccc3-c3cccc4ccccc34)c3cccc4c3C(C)(C)c3ccccc3-4)cccc21. The predicted octanol–water partition coefficient (Wildman–Crippen LogP) is 15.7. The van der Waals surface area contributed by atoms with E-state index in [1.54, 1.807) is 0 Å². The zero-order valence-electron chi connectivity index (χ0n) is 34.4. The van der Waals surface area contributed by atoms with E-state index in [-0.39, 0.29) is 10.8 Å². The van der Waals surface area contributed by atoms with Gasteiger partial charge in [0.05, 0.1) is 28.1 Å². The van der Waals surface area contributed by atoms with Crippen LogP contribution in [0.25, 0.3) is 71.6 Å². The summed E-state index contributed by atoms with van der Waals surface area (Å²) in [5.41, 5.74) is 19.7. The van der Waals surface area contributed by atoms with Crippen molar-refractivity contribution in [3.8, 4) is 39.1 Å². The predicted molar refractivity (Wildman–Crippen MR) is 254 cm³/mol. The highest BCUT2D eigenvalue weighted by atomic mass is 15.2. The summed E-state index contributed by atoms with van der Waals surface area (Å²) >= 11 is 0. The Labute approximate surface area is 351 Å². The molecular formula is C58H44N2. The molecule has 2 aliphatic rings. The van der Waals surface area contributed by atoms with Crippen LogP contribution in [0.15, 0.2) is 194 Å². The Morgan fingerprint density at radius 3 is 1.67 bits per heavy atom. The number of para-hydroxylation sites is 2. The molecule has 0 N–H and O–H groups in total. The first-order valence-electron chi connectivity index (χ1n) is 21.2. The van der Waals surface area contributed by atoms with Gasteiger partial charge in [0.15, 0.2) is 0 Å². The second-order valence-electron chi connectivity index (χ2n) is 17.7. The average molecular weight is 769 g/mol. The third kappa shape index (κ3) is 4.76. The Hall–Kier alpha value is -7.16. The van der Waals surface area contributed by atoms with Crippen LogP contribution >= 0.6 is 0 Å². The zero-order valence-corrected chi connectivity index (χ0v) is 34.4. The van der Waals surface area contributed by atoms with E-state index in [9.17, 15) is 0 Å². The monoisotopic (exact) mass is 768 g/mol. The summed E-state index contributed by atoms with van der Waals surface area (Å²) < 4.78 is 2.46. The average Bonchev–Trinajstić information content (AvgIpc) is 3.84. The minimum absolute atomic E-state index is 0.162. The Balaban J connectivity index is 1.25. The Bertz CT molecular complexity index is 3340. The number of aromatic nitrogens is 1. The van der Waals surface area contributed by atoms with Crippen LogP contribution in [0.3, 0.4) is 0 Å². The van der Waals surface area contributed by atoms with E-state index >= 15 is 0 Å². The number of rotatable bonds is 5. The van der Waals surface area contributed by atoms with Crippen LogP contribution in [0.1, 0.15) is 49.9 Å². The van der Waals surface area contributed by atoms with E-state index in [1.807, 2.05) is 0 Å². The maximum Gasteiger partial charge on any atom is 0.0561 e. The van der Waals surface area contributed by atoms with Crippen molar-refractivity contribution in [2.24, 2.45) is 0 Å². The molecule has 0 radical (unpaired) electrons. The molecule has 0 aliphatic heterocycles. The summed E-state index contributed by atoms with van der Waals surface area (Å²) in [6.45, 7) is 9.59. The van der Waals surface area contributed by atoms with Crippen LogP contribution in [-0.4, -0.2) is 4.57 Å². The van der Waals surface area contributed by atoms with Crippen LogP contribution in [0.4, 0.5) is 17.1 Å². The third-order valence-electron chi connectivity index (χ3n) is 13.8. The number of fused-ring (bicyclic) bond motifs is 10. The van der Waals surface area contributed by atoms with Gasteiger partial charge in [0.2, 0.25) is 0 Å². The molecule has 0 atom stereocenters. The van der Waals surface area contributed by atoms with Crippen LogP contribution in [0.2, 0.25) is 0 Å². The van der Waals surface area contributed by atoms with Gasteiger partial charge in [0.1, 0.15) is 0 Å². The molecule has 0 spiro atoms. The number of nitrogens with zero attached hydrogens (tertiary/aromatic N) is 2. The van der Waals surface area contributed by atoms with E-state index in [1.165, 1.54) is 99.6 Å². The molecule has 0 fully saturated rings. The smallest absolute Gasteiger partial charge is 0.0561 e. The number of benzene rings is 9. The van der Waals surface area contributed by atoms with Crippen LogP contribution in [-0.2, 0) is 10.8 Å². The van der Waals surface area contributed by atoms with E-state index < -0.39 is 0 Å². The van der Waals surface area contributed by atoms with Gasteiger partial charge in [-0.15, -0.1) is 0 Å². The van der Waals surface area contributed by atoms with Crippen LogP contribution in [0, 0.1) is 0 Å². The molecule has 0 saturated heterocycles. The van der Waals surface area contributed by atoms with Crippen LogP contribution < -0.4 is 4.90 Å².